The van der Waals surface area contributed by atoms with Crippen LogP contribution in [0.5, 0.6) is 23.0 Å². The van der Waals surface area contributed by atoms with Crippen LogP contribution in [0.3, 0.4) is 0 Å². The van der Waals surface area contributed by atoms with Crippen LogP contribution in [0.1, 0.15) is 0 Å². The van der Waals surface area contributed by atoms with Crippen LogP contribution in [0, 0.1) is 0 Å². The zero-order valence-electron chi connectivity index (χ0n) is 16.3. The molecule has 170 valence electrons. The van der Waals surface area contributed by atoms with E-state index in [1.54, 1.807) is 0 Å². The molecule has 0 aliphatic carbocycles. The smallest absolute Gasteiger partial charge is 0.238 e. The van der Waals surface area contributed by atoms with E-state index in [1.165, 1.54) is 30.3 Å². The monoisotopic (exact) mass is 448 g/mol. The van der Waals surface area contributed by atoms with Crippen LogP contribution in [0.4, 0.5) is 0 Å². The molecule has 1 saturated heterocycles. The molecule has 0 unspecified atom stereocenters. The number of aliphatic hydroxyl groups excluding tert-OH is 4. The first-order valence-corrected chi connectivity index (χ1v) is 9.50. The molecular formula is C21H20O11. The van der Waals surface area contributed by atoms with Gasteiger partial charge in [-0.25, -0.2) is 0 Å². The summed E-state index contributed by atoms with van der Waals surface area (Å²) in [5.74, 6) is -1.73. The maximum absolute atomic E-state index is 12.6. The molecule has 5 atom stereocenters. The fraction of sp³-hybridized carbons (Fsp3) is 0.286. The number of phenols is 2. The second kappa shape index (κ2) is 8.30. The topological polar surface area (TPSA) is 190 Å². The first-order valence-electron chi connectivity index (χ1n) is 9.50. The quantitative estimate of drug-likeness (QED) is 0.279. The molecule has 32 heavy (non-hydrogen) atoms. The minimum Gasteiger partial charge on any atom is -0.508 e. The summed E-state index contributed by atoms with van der Waals surface area (Å²) in [5.41, 5.74) is -0.805. The summed E-state index contributed by atoms with van der Waals surface area (Å²) >= 11 is 0. The van der Waals surface area contributed by atoms with Gasteiger partial charge in [0.25, 0.3) is 0 Å². The Morgan fingerprint density at radius 3 is 2.28 bits per heavy atom. The van der Waals surface area contributed by atoms with Gasteiger partial charge in [0, 0.05) is 17.7 Å². The minimum absolute atomic E-state index is 0.0377. The summed E-state index contributed by atoms with van der Waals surface area (Å²) in [6.45, 7) is -0.655. The predicted molar refractivity (Wildman–Crippen MR) is 107 cm³/mol. The summed E-state index contributed by atoms with van der Waals surface area (Å²) in [6, 6.07) is 7.69. The molecular weight excluding hydrogens is 428 g/mol. The van der Waals surface area contributed by atoms with Crippen molar-refractivity contribution < 1.29 is 49.6 Å². The number of hydrogen-bond donors (Lipinski definition) is 7. The molecule has 2 aromatic carbocycles. The Kier molecular flexibility index (Phi) is 5.67. The largest absolute Gasteiger partial charge is 0.508 e. The molecule has 0 saturated carbocycles. The molecule has 4 rings (SSSR count). The summed E-state index contributed by atoms with van der Waals surface area (Å²) in [6.07, 6.45) is -7.67. The van der Waals surface area contributed by atoms with Gasteiger partial charge in [0.1, 0.15) is 52.6 Å². The van der Waals surface area contributed by atoms with Gasteiger partial charge < -0.3 is 49.6 Å². The average molecular weight is 448 g/mol. The van der Waals surface area contributed by atoms with E-state index in [4.69, 9.17) is 13.9 Å². The van der Waals surface area contributed by atoms with Gasteiger partial charge in [-0.2, -0.15) is 0 Å². The van der Waals surface area contributed by atoms with E-state index in [9.17, 15) is 40.5 Å². The molecule has 11 heteroatoms. The third kappa shape index (κ3) is 3.72. The summed E-state index contributed by atoms with van der Waals surface area (Å²) in [4.78, 5) is 12.6. The maximum atomic E-state index is 12.6. The lowest BCUT2D eigenvalue weighted by Crippen LogP contribution is -2.60. The fourth-order valence-electron chi connectivity index (χ4n) is 3.44. The zero-order valence-corrected chi connectivity index (χ0v) is 16.3. The Morgan fingerprint density at radius 1 is 0.938 bits per heavy atom. The molecule has 1 aliphatic heterocycles. The van der Waals surface area contributed by atoms with Crippen molar-refractivity contribution >= 4 is 11.0 Å². The first-order chi connectivity index (χ1) is 15.2. The zero-order chi connectivity index (χ0) is 23.2. The second-order valence-electron chi connectivity index (χ2n) is 7.29. The third-order valence-corrected chi connectivity index (χ3v) is 5.15. The number of phenolic OH excluding ortho intramolecular Hbond substituents is 2. The molecule has 3 aromatic rings. The van der Waals surface area contributed by atoms with Crippen molar-refractivity contribution in [3.63, 3.8) is 0 Å². The molecule has 1 aromatic heterocycles. The van der Waals surface area contributed by atoms with E-state index in [-0.39, 0.29) is 33.8 Å². The van der Waals surface area contributed by atoms with Crippen LogP contribution >= 0.6 is 0 Å². The molecule has 0 bridgehead atoms. The Labute approximate surface area is 179 Å². The van der Waals surface area contributed by atoms with Crippen molar-refractivity contribution in [2.24, 2.45) is 0 Å². The van der Waals surface area contributed by atoms with Gasteiger partial charge >= 0.3 is 0 Å². The lowest BCUT2D eigenvalue weighted by Gasteiger charge is -2.39. The van der Waals surface area contributed by atoms with Gasteiger partial charge in [-0.1, -0.05) is 0 Å². The van der Waals surface area contributed by atoms with Gasteiger partial charge in [0.05, 0.1) is 6.61 Å². The van der Waals surface area contributed by atoms with E-state index in [0.717, 1.165) is 6.07 Å². The van der Waals surface area contributed by atoms with Crippen LogP contribution in [-0.4, -0.2) is 73.1 Å². The molecule has 0 amide bonds. The number of rotatable bonds is 4. The highest BCUT2D eigenvalue weighted by Gasteiger charge is 2.44. The average Bonchev–Trinajstić information content (AvgIpc) is 2.77. The van der Waals surface area contributed by atoms with Gasteiger partial charge in [0.2, 0.25) is 17.5 Å². The number of aromatic hydroxyl groups is 3. The number of aliphatic hydroxyl groups is 4. The number of benzene rings is 2. The Balaban J connectivity index is 1.75. The summed E-state index contributed by atoms with van der Waals surface area (Å²) < 4.78 is 16.3. The third-order valence-electron chi connectivity index (χ3n) is 5.15. The molecule has 1 fully saturated rings. The van der Waals surface area contributed by atoms with Crippen LogP contribution in [-0.2, 0) is 4.74 Å². The van der Waals surface area contributed by atoms with Crippen molar-refractivity contribution in [1.82, 2.24) is 0 Å². The van der Waals surface area contributed by atoms with Crippen LogP contribution in [0.25, 0.3) is 22.3 Å². The van der Waals surface area contributed by atoms with Crippen LogP contribution in [0.15, 0.2) is 45.6 Å². The van der Waals surface area contributed by atoms with Gasteiger partial charge in [0.15, 0.2) is 5.76 Å². The van der Waals surface area contributed by atoms with Crippen molar-refractivity contribution in [2.45, 2.75) is 30.7 Å². The molecule has 1 aliphatic rings. The summed E-state index contributed by atoms with van der Waals surface area (Å²) in [7, 11) is 0. The summed E-state index contributed by atoms with van der Waals surface area (Å²) in [5, 5.41) is 68.9. The van der Waals surface area contributed by atoms with Crippen LogP contribution in [0.2, 0.25) is 0 Å². The Bertz CT molecular complexity index is 1190. The number of ether oxygens (including phenoxy) is 2. The highest BCUT2D eigenvalue weighted by atomic mass is 16.7. The molecule has 0 radical (unpaired) electrons. The first kappa shape index (κ1) is 21.9. The number of fused-ring (bicyclic) bond motifs is 1. The van der Waals surface area contributed by atoms with E-state index >= 15 is 0 Å². The standard InChI is InChI=1S/C21H20O11/c22-7-13-15(25)17(27)19(29)21(32-13)30-10-5-11(24)14-12(6-10)31-20(18(28)16(14)26)8-1-3-9(23)4-2-8/h1-6,13,15,17,19,21-25,27-29H,7H2/t13-,15-,17+,19-,21+/m0/s1. The Morgan fingerprint density at radius 2 is 1.62 bits per heavy atom. The molecule has 7 N–H and O–H groups in total. The van der Waals surface area contributed by atoms with Gasteiger partial charge in [-0.15, -0.1) is 0 Å². The SMILES string of the molecule is O=c1c(O)c(-c2ccc(O)cc2)oc2cc(O[C@@H]3O[C@@H](CO)[C@H](O)[C@@H](O)[C@@H]3O)cc(O)c12. The fourth-order valence-corrected chi connectivity index (χ4v) is 3.44. The van der Waals surface area contributed by atoms with Gasteiger partial charge in [-0.3, -0.25) is 4.79 Å². The Hall–Kier alpha value is -3.35. The lowest BCUT2D eigenvalue weighted by molar-refractivity contribution is -0.277. The van der Waals surface area contributed by atoms with Crippen molar-refractivity contribution in [2.75, 3.05) is 6.61 Å². The minimum atomic E-state index is -1.69. The van der Waals surface area contributed by atoms with E-state index in [1.807, 2.05) is 0 Å². The number of hydrogen-bond acceptors (Lipinski definition) is 11. The molecule has 0 spiro atoms. The van der Waals surface area contributed by atoms with Crippen molar-refractivity contribution in [3.8, 4) is 34.3 Å². The second-order valence-corrected chi connectivity index (χ2v) is 7.29. The van der Waals surface area contributed by atoms with E-state index < -0.39 is 54.2 Å². The van der Waals surface area contributed by atoms with Gasteiger partial charge in [-0.05, 0) is 24.3 Å². The van der Waals surface area contributed by atoms with E-state index in [0.29, 0.717) is 0 Å². The highest BCUT2D eigenvalue weighted by Crippen LogP contribution is 2.36. The lowest BCUT2D eigenvalue weighted by atomic mass is 9.99. The van der Waals surface area contributed by atoms with E-state index in [2.05, 4.69) is 0 Å². The van der Waals surface area contributed by atoms with Crippen molar-refractivity contribution in [1.29, 1.82) is 0 Å². The molecule has 2 heterocycles. The normalized spacial score (nSPS) is 25.7. The maximum Gasteiger partial charge on any atom is 0.238 e. The highest BCUT2D eigenvalue weighted by molar-refractivity contribution is 5.88. The predicted octanol–water partition coefficient (Wildman–Crippen LogP) is -0.245. The van der Waals surface area contributed by atoms with Crippen LogP contribution < -0.4 is 10.2 Å². The molecule has 11 nitrogen and oxygen atoms in total. The van der Waals surface area contributed by atoms with Crippen molar-refractivity contribution in [3.05, 3.63) is 46.6 Å².